The lowest BCUT2D eigenvalue weighted by molar-refractivity contribution is -0.136. The second kappa shape index (κ2) is 27.2. The minimum Gasteiger partial charge on any atom is -0.497 e. The molecule has 8 amide bonds. The fourth-order valence-electron chi connectivity index (χ4n) is 6.98. The van der Waals surface area contributed by atoms with E-state index in [4.69, 9.17) is 21.9 Å². The molecule has 3 rings (SSSR count). The molecule has 2 aromatic carbocycles. The molecule has 2 aromatic rings. The highest BCUT2D eigenvalue weighted by Crippen LogP contribution is 2.13. The summed E-state index contributed by atoms with van der Waals surface area (Å²) in [5, 5.41) is 31.6. The van der Waals surface area contributed by atoms with Crippen LogP contribution in [0.4, 0.5) is 0 Å². The van der Waals surface area contributed by atoms with Crippen LogP contribution in [0.1, 0.15) is 64.0 Å². The van der Waals surface area contributed by atoms with Gasteiger partial charge in [0.25, 0.3) is 0 Å². The lowest BCUT2D eigenvalue weighted by Crippen LogP contribution is -2.61. The molecule has 358 valence electrons. The van der Waals surface area contributed by atoms with Gasteiger partial charge in [-0.15, -0.1) is 0 Å². The average Bonchev–Trinajstić information content (AvgIpc) is 3.26. The minimum absolute atomic E-state index is 0.0300. The van der Waals surface area contributed by atoms with Crippen LogP contribution >= 0.6 is 0 Å². The van der Waals surface area contributed by atoms with Crippen LogP contribution in [0.5, 0.6) is 5.75 Å². The molecule has 0 aliphatic carbocycles. The van der Waals surface area contributed by atoms with Crippen molar-refractivity contribution in [1.29, 1.82) is 0 Å². The van der Waals surface area contributed by atoms with Crippen molar-refractivity contribution in [3.05, 3.63) is 65.7 Å². The summed E-state index contributed by atoms with van der Waals surface area (Å²) in [6.45, 7) is 4.41. The van der Waals surface area contributed by atoms with E-state index >= 15 is 0 Å². The number of ether oxygens (including phenoxy) is 1. The van der Waals surface area contributed by atoms with Crippen molar-refractivity contribution in [2.24, 2.45) is 23.1 Å². The maximum absolute atomic E-state index is 14.2. The van der Waals surface area contributed by atoms with Gasteiger partial charge in [-0.3, -0.25) is 38.4 Å². The summed E-state index contributed by atoms with van der Waals surface area (Å²) in [6, 6.07) is 6.10. The van der Waals surface area contributed by atoms with Crippen molar-refractivity contribution in [2.45, 2.75) is 114 Å². The van der Waals surface area contributed by atoms with E-state index in [1.165, 1.54) is 14.0 Å². The smallest absolute Gasteiger partial charge is 0.245 e. The van der Waals surface area contributed by atoms with Crippen LogP contribution < -0.4 is 64.5 Å². The van der Waals surface area contributed by atoms with Crippen LogP contribution in [-0.2, 0) is 51.2 Å². The molecule has 1 aliphatic heterocycles. The Labute approximate surface area is 379 Å². The van der Waals surface area contributed by atoms with E-state index in [-0.39, 0.29) is 77.0 Å². The first kappa shape index (κ1) is 53.2. The SMILES string of the molecule is COc1ccc(CC(=O)N[C@H]2CCNC(=O)[C@H]([C@@H](C)O)NC(=O)[C@H](CCN)NC(=O)[C@H](CCN)NC(=O)[C@H](CC(C)C)NC(=O)[C@@H](Cc3ccccc3)NC(=O)[C@H](CCN)NC2=O)cc1. The zero-order valence-electron chi connectivity index (χ0n) is 37.5. The second-order valence-electron chi connectivity index (χ2n) is 16.3. The van der Waals surface area contributed by atoms with Gasteiger partial charge in [0.1, 0.15) is 48.0 Å². The highest BCUT2D eigenvalue weighted by atomic mass is 16.5. The van der Waals surface area contributed by atoms with E-state index < -0.39 is 95.7 Å². The Morgan fingerprint density at radius 2 is 1.12 bits per heavy atom. The molecular weight excluding hydrogens is 843 g/mol. The van der Waals surface area contributed by atoms with E-state index in [1.807, 2.05) is 13.8 Å². The number of benzene rings is 2. The van der Waals surface area contributed by atoms with Gasteiger partial charge in [-0.25, -0.2) is 0 Å². The van der Waals surface area contributed by atoms with Gasteiger partial charge < -0.3 is 69.6 Å². The van der Waals surface area contributed by atoms with Crippen molar-refractivity contribution in [3.8, 4) is 5.75 Å². The topological polar surface area (TPSA) is 340 Å². The Bertz CT molecular complexity index is 1900. The number of carbonyl (C=O) groups is 8. The van der Waals surface area contributed by atoms with Crippen molar-refractivity contribution in [1.82, 2.24) is 42.5 Å². The number of amides is 8. The van der Waals surface area contributed by atoms with Gasteiger partial charge in [-0.1, -0.05) is 56.3 Å². The quantitative estimate of drug-likeness (QED) is 0.0843. The normalized spacial score (nSPS) is 24.0. The highest BCUT2D eigenvalue weighted by molar-refractivity contribution is 5.98. The Morgan fingerprint density at radius 1 is 0.646 bits per heavy atom. The molecule has 1 aliphatic rings. The average molecular weight is 910 g/mol. The van der Waals surface area contributed by atoms with Gasteiger partial charge in [0.2, 0.25) is 47.3 Å². The summed E-state index contributed by atoms with van der Waals surface area (Å²) >= 11 is 0. The Balaban J connectivity index is 2.09. The lowest BCUT2D eigenvalue weighted by Gasteiger charge is -2.28. The molecule has 0 bridgehead atoms. The van der Waals surface area contributed by atoms with E-state index in [0.29, 0.717) is 16.9 Å². The third-order valence-electron chi connectivity index (χ3n) is 10.5. The van der Waals surface area contributed by atoms with Crippen molar-refractivity contribution >= 4 is 47.3 Å². The maximum atomic E-state index is 14.2. The van der Waals surface area contributed by atoms with Gasteiger partial charge in [0.05, 0.1) is 19.6 Å². The summed E-state index contributed by atoms with van der Waals surface area (Å²) in [4.78, 5) is 111. The summed E-state index contributed by atoms with van der Waals surface area (Å²) in [5.41, 5.74) is 18.8. The van der Waals surface area contributed by atoms with Crippen LogP contribution in [0.2, 0.25) is 0 Å². The maximum Gasteiger partial charge on any atom is 0.245 e. The first-order chi connectivity index (χ1) is 31.0. The summed E-state index contributed by atoms with van der Waals surface area (Å²) in [7, 11) is 1.50. The van der Waals surface area contributed by atoms with Crippen molar-refractivity contribution in [3.63, 3.8) is 0 Å². The molecule has 0 aromatic heterocycles. The molecule has 0 spiro atoms. The number of aliphatic hydroxyl groups is 1. The molecule has 1 heterocycles. The summed E-state index contributed by atoms with van der Waals surface area (Å²) < 4.78 is 5.19. The van der Waals surface area contributed by atoms with Crippen LogP contribution in [0, 0.1) is 5.92 Å². The highest BCUT2D eigenvalue weighted by Gasteiger charge is 2.35. The number of nitrogens with two attached hydrogens (primary N) is 3. The van der Waals surface area contributed by atoms with Crippen LogP contribution in [0.25, 0.3) is 0 Å². The summed E-state index contributed by atoms with van der Waals surface area (Å²) in [6.07, 6.45) is -2.02. The van der Waals surface area contributed by atoms with Crippen molar-refractivity contribution in [2.75, 3.05) is 33.3 Å². The first-order valence-corrected chi connectivity index (χ1v) is 21.8. The second-order valence-corrected chi connectivity index (χ2v) is 16.3. The van der Waals surface area contributed by atoms with Crippen LogP contribution in [0.15, 0.2) is 54.6 Å². The number of hydrogen-bond donors (Lipinski definition) is 12. The zero-order chi connectivity index (χ0) is 48.1. The van der Waals surface area contributed by atoms with Crippen LogP contribution in [-0.4, -0.2) is 134 Å². The minimum atomic E-state index is -1.56. The van der Waals surface area contributed by atoms with Gasteiger partial charge in [-0.2, -0.15) is 0 Å². The largest absolute Gasteiger partial charge is 0.497 e. The summed E-state index contributed by atoms with van der Waals surface area (Å²) in [5.74, 6) is -5.80. The molecule has 15 N–H and O–H groups in total. The number of aliphatic hydroxyl groups excluding tert-OH is 1. The fraction of sp³-hybridized carbons (Fsp3) is 0.545. The molecule has 0 unspecified atom stereocenters. The number of hydrogen-bond acceptors (Lipinski definition) is 13. The Kier molecular flexibility index (Phi) is 22.3. The zero-order valence-corrected chi connectivity index (χ0v) is 37.5. The van der Waals surface area contributed by atoms with E-state index in [9.17, 15) is 43.5 Å². The first-order valence-electron chi connectivity index (χ1n) is 21.8. The predicted octanol–water partition coefficient (Wildman–Crippen LogP) is -3.13. The monoisotopic (exact) mass is 910 g/mol. The molecule has 65 heavy (non-hydrogen) atoms. The Morgan fingerprint density at radius 3 is 1.63 bits per heavy atom. The molecular formula is C44H67N11O10. The van der Waals surface area contributed by atoms with Crippen molar-refractivity contribution < 1.29 is 48.2 Å². The fourth-order valence-corrected chi connectivity index (χ4v) is 6.98. The van der Waals surface area contributed by atoms with Crippen LogP contribution in [0.3, 0.4) is 0 Å². The third-order valence-corrected chi connectivity index (χ3v) is 10.5. The van der Waals surface area contributed by atoms with Gasteiger partial charge in [0.15, 0.2) is 0 Å². The number of methoxy groups -OCH3 is 1. The van der Waals surface area contributed by atoms with E-state index in [0.717, 1.165) is 0 Å². The molecule has 0 saturated carbocycles. The molecule has 0 radical (unpaired) electrons. The predicted molar refractivity (Wildman–Crippen MR) is 240 cm³/mol. The Hall–Kier alpha value is -6.16. The van der Waals surface area contributed by atoms with Gasteiger partial charge in [0, 0.05) is 13.0 Å². The van der Waals surface area contributed by atoms with E-state index in [1.54, 1.807) is 54.6 Å². The van der Waals surface area contributed by atoms with E-state index in [2.05, 4.69) is 42.5 Å². The van der Waals surface area contributed by atoms with Gasteiger partial charge >= 0.3 is 0 Å². The lowest BCUT2D eigenvalue weighted by atomic mass is 10.00. The number of rotatable bonds is 15. The molecule has 21 heteroatoms. The molecule has 21 nitrogen and oxygen atoms in total. The number of nitrogens with one attached hydrogen (secondary N) is 8. The standard InChI is InChI=1S/C44H67N11O10/c1-25(2)22-34-42(62)52-30(14-18-45)38(58)51-32(16-20-47)41(61)55-37(26(3)56)44(64)48-21-17-33(49-36(57)24-28-10-12-29(65-4)13-11-28)40(60)50-31(15-19-46)39(59)54-35(43(63)53-34)23-27-8-6-5-7-9-27/h5-13,25-26,30-35,37,56H,14-24,45-47H2,1-4H3,(H,48,64)(H,49,57)(H,50,60)(H,51,58)(H,52,62)(H,53,63)(H,54,59)(H,55,61)/t26-,30+,31+,32+,33+,34+,35-,37+/m1/s1. The molecule has 8 atom stereocenters. The molecule has 1 saturated heterocycles. The molecule has 1 fully saturated rings. The van der Waals surface area contributed by atoms with Gasteiger partial charge in [-0.05, 0) is 87.8 Å². The third kappa shape index (κ3) is 17.7. The number of carbonyl (C=O) groups excluding carboxylic acids is 8.